The molecule has 1 heterocycles. The molecule has 1 unspecified atom stereocenters. The molecule has 1 aliphatic carbocycles. The van der Waals surface area contributed by atoms with E-state index < -0.39 is 0 Å². The van der Waals surface area contributed by atoms with E-state index in [0.29, 0.717) is 35.7 Å². The van der Waals surface area contributed by atoms with Crippen molar-refractivity contribution in [3.8, 4) is 11.5 Å². The molecule has 35 heavy (non-hydrogen) atoms. The van der Waals surface area contributed by atoms with E-state index in [4.69, 9.17) is 9.47 Å². The van der Waals surface area contributed by atoms with Gasteiger partial charge >= 0.3 is 6.03 Å². The van der Waals surface area contributed by atoms with Gasteiger partial charge < -0.3 is 25.0 Å². The van der Waals surface area contributed by atoms with Gasteiger partial charge in [0.1, 0.15) is 0 Å². The van der Waals surface area contributed by atoms with E-state index in [1.54, 1.807) is 38.5 Å². The molecule has 180 valence electrons. The second-order valence-corrected chi connectivity index (χ2v) is 8.92. The van der Waals surface area contributed by atoms with Crippen LogP contribution in [0.3, 0.4) is 0 Å². The number of nitrogens with zero attached hydrogens (tertiary/aromatic N) is 1. The largest absolute Gasteiger partial charge is 0.493 e. The van der Waals surface area contributed by atoms with E-state index in [-0.39, 0.29) is 24.0 Å². The summed E-state index contributed by atoms with van der Waals surface area (Å²) in [6.45, 7) is 0.574. The SMILES string of the molecule is COc1cc2c(cc1OC)C(c1ccccc1)N(C(=O)c1ccc(NC(=O)NC3CC3)cc1)CC2. The van der Waals surface area contributed by atoms with Crippen LogP contribution in [0.2, 0.25) is 0 Å². The first-order valence-electron chi connectivity index (χ1n) is 11.9. The number of amides is 3. The highest BCUT2D eigenvalue weighted by molar-refractivity contribution is 5.96. The maximum atomic E-state index is 13.7. The van der Waals surface area contributed by atoms with Gasteiger partial charge in [-0.3, -0.25) is 4.79 Å². The summed E-state index contributed by atoms with van der Waals surface area (Å²) in [4.78, 5) is 27.7. The van der Waals surface area contributed by atoms with Crippen molar-refractivity contribution in [1.82, 2.24) is 10.2 Å². The molecule has 7 nitrogen and oxygen atoms in total. The molecular weight excluding hydrogens is 442 g/mol. The Morgan fingerprint density at radius 3 is 2.26 bits per heavy atom. The fourth-order valence-electron chi connectivity index (χ4n) is 4.60. The summed E-state index contributed by atoms with van der Waals surface area (Å²) in [7, 11) is 3.25. The Hall–Kier alpha value is -4.00. The van der Waals surface area contributed by atoms with Crippen molar-refractivity contribution < 1.29 is 19.1 Å². The Kier molecular flexibility index (Phi) is 6.31. The van der Waals surface area contributed by atoms with Crippen LogP contribution in [-0.4, -0.2) is 43.6 Å². The highest BCUT2D eigenvalue weighted by Crippen LogP contribution is 2.41. The van der Waals surface area contributed by atoms with E-state index in [1.807, 2.05) is 47.4 Å². The number of benzene rings is 3. The minimum atomic E-state index is -0.255. The van der Waals surface area contributed by atoms with Crippen molar-refractivity contribution in [3.63, 3.8) is 0 Å². The Labute approximate surface area is 205 Å². The van der Waals surface area contributed by atoms with Crippen LogP contribution in [0.25, 0.3) is 0 Å². The van der Waals surface area contributed by atoms with Crippen molar-refractivity contribution in [2.75, 3.05) is 26.1 Å². The minimum absolute atomic E-state index is 0.0618. The number of rotatable bonds is 6. The van der Waals surface area contributed by atoms with Crippen molar-refractivity contribution in [2.45, 2.75) is 31.3 Å². The zero-order valence-electron chi connectivity index (χ0n) is 19.9. The lowest BCUT2D eigenvalue weighted by molar-refractivity contribution is 0.0694. The Balaban J connectivity index is 1.44. The van der Waals surface area contributed by atoms with Gasteiger partial charge in [-0.2, -0.15) is 0 Å². The quantitative estimate of drug-likeness (QED) is 0.543. The van der Waals surface area contributed by atoms with Gasteiger partial charge in [-0.25, -0.2) is 4.79 Å². The average molecular weight is 472 g/mol. The predicted molar refractivity (Wildman–Crippen MR) is 134 cm³/mol. The molecule has 0 bridgehead atoms. The fraction of sp³-hybridized carbons (Fsp3) is 0.286. The smallest absolute Gasteiger partial charge is 0.319 e. The van der Waals surface area contributed by atoms with Crippen molar-refractivity contribution in [1.29, 1.82) is 0 Å². The lowest BCUT2D eigenvalue weighted by Crippen LogP contribution is -2.40. The van der Waals surface area contributed by atoms with Gasteiger partial charge in [-0.05, 0) is 72.4 Å². The predicted octanol–water partition coefficient (Wildman–Crippen LogP) is 4.78. The number of methoxy groups -OCH3 is 2. The van der Waals surface area contributed by atoms with E-state index >= 15 is 0 Å². The van der Waals surface area contributed by atoms with Crippen LogP contribution < -0.4 is 20.1 Å². The number of hydrogen-bond acceptors (Lipinski definition) is 4. The molecule has 5 rings (SSSR count). The Morgan fingerprint density at radius 2 is 1.60 bits per heavy atom. The summed E-state index contributed by atoms with van der Waals surface area (Å²) >= 11 is 0. The highest BCUT2D eigenvalue weighted by atomic mass is 16.5. The Morgan fingerprint density at radius 1 is 0.914 bits per heavy atom. The molecule has 1 saturated carbocycles. The van der Waals surface area contributed by atoms with Crippen molar-refractivity contribution in [2.24, 2.45) is 0 Å². The first kappa shape index (κ1) is 22.8. The molecule has 3 amide bonds. The number of hydrogen-bond donors (Lipinski definition) is 2. The van der Waals surface area contributed by atoms with Gasteiger partial charge in [0.2, 0.25) is 0 Å². The highest BCUT2D eigenvalue weighted by Gasteiger charge is 2.34. The van der Waals surface area contributed by atoms with Crippen LogP contribution in [0.1, 0.15) is 45.9 Å². The number of carbonyl (C=O) groups is 2. The molecule has 7 heteroatoms. The minimum Gasteiger partial charge on any atom is -0.493 e. The number of anilines is 1. The third-order valence-corrected chi connectivity index (χ3v) is 6.55. The zero-order chi connectivity index (χ0) is 24.4. The molecule has 0 radical (unpaired) electrons. The fourth-order valence-corrected chi connectivity index (χ4v) is 4.60. The van der Waals surface area contributed by atoms with Gasteiger partial charge in [-0.1, -0.05) is 30.3 Å². The van der Waals surface area contributed by atoms with E-state index in [1.165, 1.54) is 0 Å². The second-order valence-electron chi connectivity index (χ2n) is 8.92. The van der Waals surface area contributed by atoms with Crippen LogP contribution in [0.4, 0.5) is 10.5 Å². The van der Waals surface area contributed by atoms with Gasteiger partial charge in [0.05, 0.1) is 20.3 Å². The maximum absolute atomic E-state index is 13.7. The van der Waals surface area contributed by atoms with E-state index in [9.17, 15) is 9.59 Å². The number of urea groups is 1. The third kappa shape index (κ3) is 4.80. The van der Waals surface area contributed by atoms with Crippen molar-refractivity contribution in [3.05, 3.63) is 89.0 Å². The van der Waals surface area contributed by atoms with Crippen molar-refractivity contribution >= 4 is 17.6 Å². The first-order chi connectivity index (χ1) is 17.1. The zero-order valence-corrected chi connectivity index (χ0v) is 19.9. The molecule has 1 atom stereocenters. The Bertz CT molecular complexity index is 1220. The number of carbonyl (C=O) groups excluding carboxylic acids is 2. The number of fused-ring (bicyclic) bond motifs is 1. The molecule has 3 aromatic carbocycles. The molecular formula is C28H29N3O4. The summed E-state index contributed by atoms with van der Waals surface area (Å²) < 4.78 is 11.1. The normalized spacial score (nSPS) is 16.7. The molecule has 3 aromatic rings. The van der Waals surface area contributed by atoms with Crippen LogP contribution in [0.5, 0.6) is 11.5 Å². The lowest BCUT2D eigenvalue weighted by atomic mass is 9.87. The van der Waals surface area contributed by atoms with Crippen LogP contribution >= 0.6 is 0 Å². The second kappa shape index (κ2) is 9.70. The van der Waals surface area contributed by atoms with Crippen LogP contribution in [-0.2, 0) is 6.42 Å². The topological polar surface area (TPSA) is 79.9 Å². The van der Waals surface area contributed by atoms with Crippen LogP contribution in [0.15, 0.2) is 66.7 Å². The first-order valence-corrected chi connectivity index (χ1v) is 11.9. The van der Waals surface area contributed by atoms with E-state index in [2.05, 4.69) is 10.6 Å². The molecule has 0 spiro atoms. The van der Waals surface area contributed by atoms with Gasteiger partial charge in [0.15, 0.2) is 11.5 Å². The molecule has 2 N–H and O–H groups in total. The van der Waals surface area contributed by atoms with Gasteiger partial charge in [0.25, 0.3) is 5.91 Å². The van der Waals surface area contributed by atoms with Crippen LogP contribution in [0, 0.1) is 0 Å². The van der Waals surface area contributed by atoms with E-state index in [0.717, 1.165) is 29.5 Å². The monoisotopic (exact) mass is 471 g/mol. The average Bonchev–Trinajstić information content (AvgIpc) is 3.71. The van der Waals surface area contributed by atoms with Gasteiger partial charge in [-0.15, -0.1) is 0 Å². The summed E-state index contributed by atoms with van der Waals surface area (Å²) in [6, 6.07) is 20.9. The molecule has 1 aliphatic heterocycles. The standard InChI is InChI=1S/C28H29N3O4/c1-34-24-16-20-14-15-31(26(18-6-4-3-5-7-18)23(20)17-25(24)35-2)27(32)19-8-10-21(11-9-19)29-28(33)30-22-12-13-22/h3-11,16-17,22,26H,12-15H2,1-2H3,(H2,29,30,33). The summed E-state index contributed by atoms with van der Waals surface area (Å²) in [6.07, 6.45) is 2.77. The summed E-state index contributed by atoms with van der Waals surface area (Å²) in [5, 5.41) is 5.73. The maximum Gasteiger partial charge on any atom is 0.319 e. The molecule has 0 aromatic heterocycles. The lowest BCUT2D eigenvalue weighted by Gasteiger charge is -2.38. The van der Waals surface area contributed by atoms with Gasteiger partial charge in [0, 0.05) is 23.8 Å². The summed E-state index contributed by atoms with van der Waals surface area (Å²) in [5.41, 5.74) is 4.43. The number of ether oxygens (including phenoxy) is 2. The molecule has 1 fully saturated rings. The molecule has 0 saturated heterocycles. The number of nitrogens with one attached hydrogen (secondary N) is 2. The third-order valence-electron chi connectivity index (χ3n) is 6.55. The molecule has 2 aliphatic rings. The summed E-state index contributed by atoms with van der Waals surface area (Å²) in [5.74, 6) is 1.27.